The molecule has 1 aromatic rings. The minimum Gasteiger partial charge on any atom is -0.507 e. The van der Waals surface area contributed by atoms with Gasteiger partial charge in [0, 0.05) is 23.7 Å². The molecule has 0 saturated heterocycles. The van der Waals surface area contributed by atoms with Crippen molar-refractivity contribution in [2.24, 2.45) is 0 Å². The maximum absolute atomic E-state index is 11.9. The Labute approximate surface area is 112 Å². The first-order valence-corrected chi connectivity index (χ1v) is 6.81. The minimum atomic E-state index is -0.0832. The van der Waals surface area contributed by atoms with Crippen molar-refractivity contribution in [3.63, 3.8) is 0 Å². The number of carbonyl (C=O) groups is 1. The van der Waals surface area contributed by atoms with Gasteiger partial charge in [-0.05, 0) is 25.0 Å². The molecule has 1 fully saturated rings. The number of rotatable bonds is 1. The Morgan fingerprint density at radius 1 is 1.05 bits per heavy atom. The van der Waals surface area contributed by atoms with Crippen LogP contribution in [-0.2, 0) is 4.79 Å². The average Bonchev–Trinajstić information content (AvgIpc) is 2.57. The number of nitrogens with one attached hydrogen (secondary N) is 2. The van der Waals surface area contributed by atoms with E-state index >= 15 is 0 Å². The van der Waals surface area contributed by atoms with Crippen LogP contribution in [0.1, 0.15) is 31.2 Å². The van der Waals surface area contributed by atoms with E-state index in [1.165, 1.54) is 6.42 Å². The molecule has 19 heavy (non-hydrogen) atoms. The normalized spacial score (nSPS) is 26.5. The zero-order chi connectivity index (χ0) is 13.2. The molecule has 4 nitrogen and oxygen atoms in total. The number of para-hydroxylation sites is 1. The molecule has 1 aromatic carbocycles. The van der Waals surface area contributed by atoms with Crippen molar-refractivity contribution in [2.45, 2.75) is 37.8 Å². The molecule has 2 atom stereocenters. The predicted molar refractivity (Wildman–Crippen MR) is 73.4 cm³/mol. The number of fused-ring (bicyclic) bond motifs is 1. The topological polar surface area (TPSA) is 61.4 Å². The van der Waals surface area contributed by atoms with Gasteiger partial charge >= 0.3 is 0 Å². The molecule has 3 N–H and O–H groups in total. The van der Waals surface area contributed by atoms with E-state index in [0.29, 0.717) is 11.3 Å². The monoisotopic (exact) mass is 258 g/mol. The molecular formula is C15H18N2O2. The molecular weight excluding hydrogens is 240 g/mol. The molecule has 0 radical (unpaired) electrons. The zero-order valence-electron chi connectivity index (χ0n) is 10.7. The molecule has 4 heteroatoms. The Bertz CT molecular complexity index is 525. The number of hydrogen-bond acceptors (Lipinski definition) is 3. The molecule has 1 amide bonds. The lowest BCUT2D eigenvalue weighted by molar-refractivity contribution is -0.117. The summed E-state index contributed by atoms with van der Waals surface area (Å²) in [6, 6.07) is 7.55. The third-order valence-electron chi connectivity index (χ3n) is 3.90. The highest BCUT2D eigenvalue weighted by Crippen LogP contribution is 2.27. The molecule has 100 valence electrons. The highest BCUT2D eigenvalue weighted by molar-refractivity contribution is 5.96. The number of hydrogen-bond donors (Lipinski definition) is 3. The maximum atomic E-state index is 11.9. The van der Waals surface area contributed by atoms with Crippen LogP contribution in [0.4, 0.5) is 0 Å². The van der Waals surface area contributed by atoms with Crippen molar-refractivity contribution in [1.29, 1.82) is 0 Å². The Hall–Kier alpha value is -1.97. The number of phenols is 1. The van der Waals surface area contributed by atoms with Gasteiger partial charge in [-0.15, -0.1) is 0 Å². The minimum absolute atomic E-state index is 0.0832. The quantitative estimate of drug-likeness (QED) is 0.719. The van der Waals surface area contributed by atoms with Crippen LogP contribution < -0.4 is 10.6 Å². The molecule has 1 saturated carbocycles. The standard InChI is InChI=1S/C15H18N2O2/c18-14-8-4-1-5-10(14)13-9-15(19)17-12-7-3-2-6-11(12)16-13/h1,4-5,8-9,11-12,16,18H,2-3,6-7H2,(H,17,19). The van der Waals surface area contributed by atoms with Gasteiger partial charge in [-0.2, -0.15) is 0 Å². The van der Waals surface area contributed by atoms with Gasteiger partial charge in [0.2, 0.25) is 5.91 Å². The zero-order valence-corrected chi connectivity index (χ0v) is 10.7. The Balaban J connectivity index is 1.92. The van der Waals surface area contributed by atoms with Crippen LogP contribution in [0.2, 0.25) is 0 Å². The summed E-state index contributed by atoms with van der Waals surface area (Å²) in [4.78, 5) is 11.9. The second-order valence-corrected chi connectivity index (χ2v) is 5.23. The highest BCUT2D eigenvalue weighted by atomic mass is 16.3. The van der Waals surface area contributed by atoms with E-state index in [9.17, 15) is 9.90 Å². The van der Waals surface area contributed by atoms with Gasteiger partial charge in [0.1, 0.15) is 5.75 Å². The molecule has 2 unspecified atom stereocenters. The van der Waals surface area contributed by atoms with Crippen molar-refractivity contribution in [1.82, 2.24) is 10.6 Å². The second-order valence-electron chi connectivity index (χ2n) is 5.23. The lowest BCUT2D eigenvalue weighted by Gasteiger charge is -2.32. The number of benzene rings is 1. The first kappa shape index (κ1) is 12.1. The number of aromatic hydroxyl groups is 1. The first-order valence-electron chi connectivity index (χ1n) is 6.81. The van der Waals surface area contributed by atoms with Gasteiger partial charge in [-0.25, -0.2) is 0 Å². The fraction of sp³-hybridized carbons (Fsp3) is 0.400. The van der Waals surface area contributed by atoms with Crippen LogP contribution in [0.25, 0.3) is 5.70 Å². The first-order chi connectivity index (χ1) is 9.24. The summed E-state index contributed by atoms with van der Waals surface area (Å²) in [7, 11) is 0. The third-order valence-corrected chi connectivity index (χ3v) is 3.90. The third kappa shape index (κ3) is 2.43. The number of carbonyl (C=O) groups excluding carboxylic acids is 1. The van der Waals surface area contributed by atoms with E-state index < -0.39 is 0 Å². The van der Waals surface area contributed by atoms with Gasteiger partial charge in [-0.1, -0.05) is 25.0 Å². The summed E-state index contributed by atoms with van der Waals surface area (Å²) in [5.41, 5.74) is 1.40. The van der Waals surface area contributed by atoms with Crippen molar-refractivity contribution in [2.75, 3.05) is 0 Å². The van der Waals surface area contributed by atoms with Crippen LogP contribution in [0.3, 0.4) is 0 Å². The van der Waals surface area contributed by atoms with Gasteiger partial charge < -0.3 is 15.7 Å². The van der Waals surface area contributed by atoms with E-state index in [0.717, 1.165) is 19.3 Å². The summed E-state index contributed by atoms with van der Waals surface area (Å²) in [5, 5.41) is 16.4. The lowest BCUT2D eigenvalue weighted by Crippen LogP contribution is -2.48. The molecule has 0 bridgehead atoms. The molecule has 0 aromatic heterocycles. The number of amides is 1. The molecule has 3 rings (SSSR count). The fourth-order valence-electron chi connectivity index (χ4n) is 2.93. The molecule has 1 aliphatic heterocycles. The lowest BCUT2D eigenvalue weighted by atomic mass is 9.90. The smallest absolute Gasteiger partial charge is 0.246 e. The summed E-state index contributed by atoms with van der Waals surface area (Å²) in [6.45, 7) is 0. The SMILES string of the molecule is O=C1C=C(c2ccccc2O)NC2CCCCC2N1. The van der Waals surface area contributed by atoms with Crippen molar-refractivity contribution >= 4 is 11.6 Å². The van der Waals surface area contributed by atoms with Crippen LogP contribution in [-0.4, -0.2) is 23.1 Å². The van der Waals surface area contributed by atoms with Crippen molar-refractivity contribution in [3.8, 4) is 5.75 Å². The van der Waals surface area contributed by atoms with E-state index in [1.54, 1.807) is 18.2 Å². The molecule has 2 aliphatic rings. The van der Waals surface area contributed by atoms with Crippen molar-refractivity contribution in [3.05, 3.63) is 35.9 Å². The van der Waals surface area contributed by atoms with E-state index in [4.69, 9.17) is 0 Å². The average molecular weight is 258 g/mol. The van der Waals surface area contributed by atoms with Gasteiger partial charge in [0.05, 0.1) is 5.70 Å². The van der Waals surface area contributed by atoms with E-state index in [2.05, 4.69) is 10.6 Å². The molecule has 1 aliphatic carbocycles. The van der Waals surface area contributed by atoms with Crippen molar-refractivity contribution < 1.29 is 9.90 Å². The van der Waals surface area contributed by atoms with Crippen LogP contribution in [0, 0.1) is 0 Å². The van der Waals surface area contributed by atoms with Gasteiger partial charge in [0.15, 0.2) is 0 Å². The summed E-state index contributed by atoms with van der Waals surface area (Å²) >= 11 is 0. The Morgan fingerprint density at radius 3 is 2.47 bits per heavy atom. The van der Waals surface area contributed by atoms with E-state index in [1.807, 2.05) is 12.1 Å². The Kier molecular flexibility index (Phi) is 3.15. The molecule has 1 heterocycles. The fourth-order valence-corrected chi connectivity index (χ4v) is 2.93. The predicted octanol–water partition coefficient (Wildman–Crippen LogP) is 1.76. The number of phenolic OH excluding ortho intramolecular Hbond substituents is 1. The molecule has 0 spiro atoms. The van der Waals surface area contributed by atoms with Crippen LogP contribution in [0.15, 0.2) is 30.3 Å². The maximum Gasteiger partial charge on any atom is 0.246 e. The van der Waals surface area contributed by atoms with Crippen LogP contribution >= 0.6 is 0 Å². The van der Waals surface area contributed by atoms with Gasteiger partial charge in [0.25, 0.3) is 0 Å². The summed E-state index contributed by atoms with van der Waals surface area (Å²) in [6.07, 6.45) is 5.96. The largest absolute Gasteiger partial charge is 0.507 e. The second kappa shape index (κ2) is 4.96. The Morgan fingerprint density at radius 2 is 1.74 bits per heavy atom. The van der Waals surface area contributed by atoms with E-state index in [-0.39, 0.29) is 23.7 Å². The van der Waals surface area contributed by atoms with Gasteiger partial charge in [-0.3, -0.25) is 4.79 Å². The summed E-state index contributed by atoms with van der Waals surface area (Å²) < 4.78 is 0. The highest BCUT2D eigenvalue weighted by Gasteiger charge is 2.29. The summed E-state index contributed by atoms with van der Waals surface area (Å²) in [5.74, 6) is 0.114. The van der Waals surface area contributed by atoms with Crippen LogP contribution in [0.5, 0.6) is 5.75 Å².